The highest BCUT2D eigenvalue weighted by atomic mass is 16.5. The van der Waals surface area contributed by atoms with E-state index in [1.54, 1.807) is 31.3 Å². The predicted molar refractivity (Wildman–Crippen MR) is 90.3 cm³/mol. The molecule has 122 valence electrons. The number of aryl methyl sites for hydroxylation is 1. The highest BCUT2D eigenvalue weighted by Gasteiger charge is 2.09. The van der Waals surface area contributed by atoms with Crippen molar-refractivity contribution in [2.24, 2.45) is 0 Å². The van der Waals surface area contributed by atoms with Gasteiger partial charge in [-0.3, -0.25) is 0 Å². The Labute approximate surface area is 137 Å². The molecule has 23 heavy (non-hydrogen) atoms. The Bertz CT molecular complexity index is 624. The Morgan fingerprint density at radius 2 is 1.78 bits per heavy atom. The summed E-state index contributed by atoms with van der Waals surface area (Å²) < 4.78 is 5.01. The first-order valence-corrected chi connectivity index (χ1v) is 7.68. The first-order valence-electron chi connectivity index (χ1n) is 7.68. The molecule has 1 N–H and O–H groups in total. The summed E-state index contributed by atoms with van der Waals surface area (Å²) in [5.41, 5.74) is 3.35. The lowest BCUT2D eigenvalue weighted by Crippen LogP contribution is -2.36. The van der Waals surface area contributed by atoms with Crippen LogP contribution in [0.1, 0.15) is 23.6 Å². The lowest BCUT2D eigenvalue weighted by Gasteiger charge is -2.18. The summed E-state index contributed by atoms with van der Waals surface area (Å²) in [6.45, 7) is 3.15. The van der Waals surface area contributed by atoms with Gasteiger partial charge in [-0.1, -0.05) is 37.3 Å². The zero-order chi connectivity index (χ0) is 16.7. The Balaban J connectivity index is 1.83. The minimum Gasteiger partial charge on any atom is -0.481 e. The fraction of sp³-hybridized carbons (Fsp3) is 0.333. The molecule has 0 unspecified atom stereocenters. The van der Waals surface area contributed by atoms with Crippen LogP contribution >= 0.6 is 0 Å². The summed E-state index contributed by atoms with van der Waals surface area (Å²) in [6.07, 6.45) is 2.72. The first-order chi connectivity index (χ1) is 11.1. The van der Waals surface area contributed by atoms with Gasteiger partial charge in [-0.25, -0.2) is 9.78 Å². The summed E-state index contributed by atoms with van der Waals surface area (Å²) in [6, 6.07) is 11.9. The van der Waals surface area contributed by atoms with E-state index in [1.807, 2.05) is 6.07 Å². The fourth-order valence-corrected chi connectivity index (χ4v) is 2.17. The van der Waals surface area contributed by atoms with Crippen LogP contribution in [-0.2, 0) is 19.5 Å². The van der Waals surface area contributed by atoms with Gasteiger partial charge in [0.2, 0.25) is 5.88 Å². The summed E-state index contributed by atoms with van der Waals surface area (Å²) in [5.74, 6) is 0.563. The molecule has 5 nitrogen and oxygen atoms in total. The molecule has 0 aliphatic carbocycles. The maximum absolute atomic E-state index is 12.1. The van der Waals surface area contributed by atoms with E-state index in [0.29, 0.717) is 19.0 Å². The van der Waals surface area contributed by atoms with Crippen LogP contribution in [0.5, 0.6) is 5.88 Å². The molecule has 1 heterocycles. The molecule has 0 fully saturated rings. The quantitative estimate of drug-likeness (QED) is 0.892. The van der Waals surface area contributed by atoms with Crippen molar-refractivity contribution in [1.29, 1.82) is 0 Å². The zero-order valence-corrected chi connectivity index (χ0v) is 13.9. The van der Waals surface area contributed by atoms with Crippen LogP contribution in [-0.4, -0.2) is 30.1 Å². The van der Waals surface area contributed by atoms with Gasteiger partial charge in [0.25, 0.3) is 0 Å². The maximum atomic E-state index is 12.1. The molecular weight excluding hydrogens is 290 g/mol. The van der Waals surface area contributed by atoms with Crippen molar-refractivity contribution >= 4 is 6.03 Å². The number of urea groups is 1. The summed E-state index contributed by atoms with van der Waals surface area (Å²) >= 11 is 0. The van der Waals surface area contributed by atoms with Crippen LogP contribution in [0.15, 0.2) is 42.6 Å². The first kappa shape index (κ1) is 16.8. The molecule has 0 aliphatic rings. The lowest BCUT2D eigenvalue weighted by molar-refractivity contribution is 0.206. The molecule has 0 spiro atoms. The van der Waals surface area contributed by atoms with Crippen molar-refractivity contribution in [3.05, 3.63) is 59.3 Å². The predicted octanol–water partition coefficient (Wildman–Crippen LogP) is 2.99. The Kier molecular flexibility index (Phi) is 5.97. The number of carbonyl (C=O) groups excluding carboxylic acids is 1. The number of aromatic nitrogens is 1. The average Bonchev–Trinajstić information content (AvgIpc) is 2.60. The minimum absolute atomic E-state index is 0.111. The van der Waals surface area contributed by atoms with Crippen LogP contribution in [0.3, 0.4) is 0 Å². The third-order valence-corrected chi connectivity index (χ3v) is 3.65. The third-order valence-electron chi connectivity index (χ3n) is 3.65. The normalized spacial score (nSPS) is 10.2. The van der Waals surface area contributed by atoms with E-state index < -0.39 is 0 Å². The van der Waals surface area contributed by atoms with Gasteiger partial charge in [0.05, 0.1) is 7.11 Å². The molecule has 0 radical (unpaired) electrons. The molecule has 0 atom stereocenters. The Morgan fingerprint density at radius 1 is 1.13 bits per heavy atom. The van der Waals surface area contributed by atoms with E-state index in [0.717, 1.165) is 17.5 Å². The number of pyridine rings is 1. The number of rotatable bonds is 6. The SMILES string of the molecule is CCc1ccc(CN(C)C(=O)NCc2ccc(OC)nc2)cc1. The van der Waals surface area contributed by atoms with Gasteiger partial charge in [0.1, 0.15) is 0 Å². The monoisotopic (exact) mass is 313 g/mol. The smallest absolute Gasteiger partial charge is 0.317 e. The minimum atomic E-state index is -0.111. The van der Waals surface area contributed by atoms with Crippen molar-refractivity contribution < 1.29 is 9.53 Å². The van der Waals surface area contributed by atoms with Gasteiger partial charge >= 0.3 is 6.03 Å². The number of nitrogens with zero attached hydrogens (tertiary/aromatic N) is 2. The number of benzene rings is 1. The van der Waals surface area contributed by atoms with Crippen molar-refractivity contribution in [2.75, 3.05) is 14.2 Å². The van der Waals surface area contributed by atoms with E-state index >= 15 is 0 Å². The molecule has 0 saturated heterocycles. The summed E-state index contributed by atoms with van der Waals surface area (Å²) in [7, 11) is 3.36. The Morgan fingerprint density at radius 3 is 2.35 bits per heavy atom. The summed E-state index contributed by atoms with van der Waals surface area (Å²) in [5, 5.41) is 2.89. The van der Waals surface area contributed by atoms with E-state index in [9.17, 15) is 4.79 Å². The second-order valence-corrected chi connectivity index (χ2v) is 5.39. The van der Waals surface area contributed by atoms with Crippen LogP contribution in [0.2, 0.25) is 0 Å². The van der Waals surface area contributed by atoms with Gasteiger partial charge in [-0.05, 0) is 23.1 Å². The van der Waals surface area contributed by atoms with E-state index in [1.165, 1.54) is 5.56 Å². The maximum Gasteiger partial charge on any atom is 0.317 e. The lowest BCUT2D eigenvalue weighted by atomic mass is 10.1. The number of amides is 2. The molecule has 0 aliphatic heterocycles. The molecule has 0 bridgehead atoms. The molecule has 0 saturated carbocycles. The zero-order valence-electron chi connectivity index (χ0n) is 13.9. The van der Waals surface area contributed by atoms with E-state index in [2.05, 4.69) is 41.5 Å². The standard InChI is InChI=1S/C18H23N3O2/c1-4-14-5-7-15(8-6-14)13-21(2)18(22)20-12-16-9-10-17(23-3)19-11-16/h5-11H,4,12-13H2,1-3H3,(H,20,22). The van der Waals surface area contributed by atoms with Crippen molar-refractivity contribution in [1.82, 2.24) is 15.2 Å². The van der Waals surface area contributed by atoms with Gasteiger partial charge in [-0.2, -0.15) is 0 Å². The Hall–Kier alpha value is -2.56. The van der Waals surface area contributed by atoms with Gasteiger partial charge < -0.3 is 15.0 Å². The highest BCUT2D eigenvalue weighted by molar-refractivity contribution is 5.73. The van der Waals surface area contributed by atoms with E-state index in [4.69, 9.17) is 4.74 Å². The van der Waals surface area contributed by atoms with Gasteiger partial charge in [-0.15, -0.1) is 0 Å². The second kappa shape index (κ2) is 8.17. The summed E-state index contributed by atoms with van der Waals surface area (Å²) in [4.78, 5) is 17.9. The number of hydrogen-bond donors (Lipinski definition) is 1. The van der Waals surface area contributed by atoms with E-state index in [-0.39, 0.29) is 6.03 Å². The third kappa shape index (κ3) is 4.98. The van der Waals surface area contributed by atoms with Crippen molar-refractivity contribution in [3.63, 3.8) is 0 Å². The number of methoxy groups -OCH3 is 1. The van der Waals surface area contributed by atoms with Crippen molar-refractivity contribution in [2.45, 2.75) is 26.4 Å². The molecule has 5 heteroatoms. The number of ether oxygens (including phenoxy) is 1. The second-order valence-electron chi connectivity index (χ2n) is 5.39. The number of carbonyl (C=O) groups is 1. The average molecular weight is 313 g/mol. The molecular formula is C18H23N3O2. The molecule has 2 amide bonds. The molecule has 2 rings (SSSR count). The highest BCUT2D eigenvalue weighted by Crippen LogP contribution is 2.08. The number of hydrogen-bond acceptors (Lipinski definition) is 3. The largest absolute Gasteiger partial charge is 0.481 e. The number of nitrogens with one attached hydrogen (secondary N) is 1. The van der Waals surface area contributed by atoms with Gasteiger partial charge in [0.15, 0.2) is 0 Å². The van der Waals surface area contributed by atoms with Crippen LogP contribution in [0, 0.1) is 0 Å². The van der Waals surface area contributed by atoms with Crippen LogP contribution < -0.4 is 10.1 Å². The van der Waals surface area contributed by atoms with Crippen molar-refractivity contribution in [3.8, 4) is 5.88 Å². The molecule has 2 aromatic rings. The van der Waals surface area contributed by atoms with Gasteiger partial charge in [0, 0.05) is 32.4 Å². The molecule has 1 aromatic carbocycles. The van der Waals surface area contributed by atoms with Crippen LogP contribution in [0.25, 0.3) is 0 Å². The topological polar surface area (TPSA) is 54.5 Å². The fourth-order valence-electron chi connectivity index (χ4n) is 2.17. The molecule has 1 aromatic heterocycles. The van der Waals surface area contributed by atoms with Crippen LogP contribution in [0.4, 0.5) is 4.79 Å².